The first-order chi connectivity index (χ1) is 6.42. The average molecular weight is 157 g/mol. The number of carbonyl (C=O) groups excluding carboxylic acids is 1. The molecule has 0 aliphatic heterocycles. The van der Waals surface area contributed by atoms with Crippen LogP contribution in [0.1, 0.15) is 14.5 Å². The molecule has 0 N–H and O–H groups in total. The molecule has 0 radical (unpaired) electrons. The molecule has 0 aliphatic rings. The van der Waals surface area contributed by atoms with Gasteiger partial charge in [0, 0.05) is 5.56 Å². The maximum Gasteiger partial charge on any atom is 0.165 e. The number of hydrogen-bond acceptors (Lipinski definition) is 2. The fourth-order valence-corrected chi connectivity index (χ4v) is 0.671. The number of ether oxygens (including phenoxy) is 1. The summed E-state index contributed by atoms with van der Waals surface area (Å²) in [6.07, 6.45) is 0.478. The van der Waals surface area contributed by atoms with Gasteiger partial charge in [-0.2, -0.15) is 0 Å². The van der Waals surface area contributed by atoms with Gasteiger partial charge in [0.15, 0.2) is 11.6 Å². The van der Waals surface area contributed by atoms with Crippen LogP contribution >= 0.6 is 0 Å². The molecule has 0 saturated carbocycles. The fraction of sp³-hybridized carbons (Fsp3) is 0.125. The standard InChI is InChI=1S/C8H7FO2/c1-11-8-4-6(5-10)2-3-7(8)9/h2-5H,1H3/i1D3. The van der Waals surface area contributed by atoms with Gasteiger partial charge < -0.3 is 4.74 Å². The highest BCUT2D eigenvalue weighted by Crippen LogP contribution is 2.16. The van der Waals surface area contributed by atoms with Crippen LogP contribution in [0.25, 0.3) is 0 Å². The second-order valence-electron chi connectivity index (χ2n) is 1.91. The summed E-state index contributed by atoms with van der Waals surface area (Å²) < 4.78 is 37.5. The molecule has 0 saturated heterocycles. The Bertz CT molecular complexity index is 349. The van der Waals surface area contributed by atoms with E-state index in [2.05, 4.69) is 4.74 Å². The summed E-state index contributed by atoms with van der Waals surface area (Å²) in [7, 11) is -2.72. The van der Waals surface area contributed by atoms with Crippen LogP contribution in [0.3, 0.4) is 0 Å². The lowest BCUT2D eigenvalue weighted by atomic mass is 10.2. The highest BCUT2D eigenvalue weighted by molar-refractivity contribution is 5.75. The molecule has 0 amide bonds. The molecule has 1 aromatic rings. The zero-order valence-electron chi connectivity index (χ0n) is 8.50. The molecule has 3 heteroatoms. The van der Waals surface area contributed by atoms with Crippen molar-refractivity contribution in [3.8, 4) is 5.75 Å². The predicted molar refractivity (Wildman–Crippen MR) is 38.3 cm³/mol. The van der Waals surface area contributed by atoms with E-state index in [0.717, 1.165) is 12.1 Å². The third-order valence-electron chi connectivity index (χ3n) is 1.20. The molecule has 1 aromatic carbocycles. The lowest BCUT2D eigenvalue weighted by Gasteiger charge is -2.00. The average Bonchev–Trinajstić information content (AvgIpc) is 2.06. The largest absolute Gasteiger partial charge is 0.494 e. The van der Waals surface area contributed by atoms with E-state index in [0.29, 0.717) is 6.29 Å². The number of carbonyl (C=O) groups is 1. The Morgan fingerprint density at radius 2 is 2.55 bits per heavy atom. The molecule has 0 bridgehead atoms. The normalized spacial score (nSPS) is 14.5. The van der Waals surface area contributed by atoms with Crippen molar-refractivity contribution >= 4 is 6.29 Å². The van der Waals surface area contributed by atoms with E-state index in [1.54, 1.807) is 0 Å². The van der Waals surface area contributed by atoms with E-state index in [9.17, 15) is 9.18 Å². The Morgan fingerprint density at radius 1 is 1.73 bits per heavy atom. The van der Waals surface area contributed by atoms with Crippen molar-refractivity contribution in [3.05, 3.63) is 29.6 Å². The molecule has 0 aromatic heterocycles. The van der Waals surface area contributed by atoms with Crippen LogP contribution in [0.2, 0.25) is 0 Å². The zero-order valence-corrected chi connectivity index (χ0v) is 5.50. The topological polar surface area (TPSA) is 26.3 Å². The maximum absolute atomic E-state index is 12.9. The number of methoxy groups -OCH3 is 1. The highest BCUT2D eigenvalue weighted by atomic mass is 19.1. The minimum absolute atomic E-state index is 0.158. The van der Waals surface area contributed by atoms with Gasteiger partial charge in [0.2, 0.25) is 0 Å². The highest BCUT2D eigenvalue weighted by Gasteiger charge is 2.01. The molecule has 0 aliphatic carbocycles. The minimum atomic E-state index is -2.72. The van der Waals surface area contributed by atoms with Crippen molar-refractivity contribution in [2.75, 3.05) is 7.04 Å². The number of halogens is 1. The number of benzene rings is 1. The van der Waals surface area contributed by atoms with Crippen molar-refractivity contribution in [3.63, 3.8) is 0 Å². The van der Waals surface area contributed by atoms with E-state index < -0.39 is 18.6 Å². The Labute approximate surface area is 67.8 Å². The summed E-state index contributed by atoms with van der Waals surface area (Å²) >= 11 is 0. The molecule has 0 unspecified atom stereocenters. The number of rotatable bonds is 2. The molecule has 0 heterocycles. The van der Waals surface area contributed by atoms with Crippen molar-refractivity contribution in [2.45, 2.75) is 0 Å². The summed E-state index contributed by atoms with van der Waals surface area (Å²) in [5.41, 5.74) is 0.158. The first-order valence-electron chi connectivity index (χ1n) is 4.36. The van der Waals surface area contributed by atoms with Gasteiger partial charge in [0.05, 0.1) is 11.2 Å². The molecule has 0 fully saturated rings. The summed E-state index contributed by atoms with van der Waals surface area (Å²) in [6.45, 7) is 0. The second-order valence-corrected chi connectivity index (χ2v) is 1.91. The van der Waals surface area contributed by atoms with E-state index in [1.165, 1.54) is 6.07 Å². The van der Waals surface area contributed by atoms with Gasteiger partial charge in [0.1, 0.15) is 6.29 Å². The first-order valence-corrected chi connectivity index (χ1v) is 2.86. The van der Waals surface area contributed by atoms with Crippen LogP contribution in [0, 0.1) is 5.82 Å². The van der Waals surface area contributed by atoms with Crippen molar-refractivity contribution in [2.24, 2.45) is 0 Å². The number of aldehydes is 1. The molecule has 2 nitrogen and oxygen atoms in total. The van der Waals surface area contributed by atoms with Gasteiger partial charge in [-0.3, -0.25) is 4.79 Å². The first kappa shape index (κ1) is 4.49. The van der Waals surface area contributed by atoms with Crippen LogP contribution in [0.4, 0.5) is 4.39 Å². The summed E-state index contributed by atoms with van der Waals surface area (Å²) in [5, 5.41) is 0. The molecule has 0 atom stereocenters. The third kappa shape index (κ3) is 1.55. The van der Waals surface area contributed by atoms with Gasteiger partial charge >= 0.3 is 0 Å². The Balaban J connectivity index is 3.01. The quantitative estimate of drug-likeness (QED) is 0.610. The fourth-order valence-electron chi connectivity index (χ4n) is 0.671. The van der Waals surface area contributed by atoms with Crippen molar-refractivity contribution in [1.82, 2.24) is 0 Å². The van der Waals surface area contributed by atoms with Gasteiger partial charge in [-0.05, 0) is 18.2 Å². The van der Waals surface area contributed by atoms with Gasteiger partial charge in [-0.1, -0.05) is 0 Å². The maximum atomic E-state index is 12.9. The lowest BCUT2D eigenvalue weighted by molar-refractivity contribution is 0.112. The van der Waals surface area contributed by atoms with E-state index in [4.69, 9.17) is 4.11 Å². The smallest absolute Gasteiger partial charge is 0.165 e. The molecular weight excluding hydrogens is 147 g/mol. The van der Waals surface area contributed by atoms with Crippen LogP contribution < -0.4 is 4.74 Å². The Hall–Kier alpha value is -1.38. The SMILES string of the molecule is [2H]C([2H])([2H])Oc1cc(C=O)ccc1F. The molecule has 11 heavy (non-hydrogen) atoms. The molecular formula is C8H7FO2. The van der Waals surface area contributed by atoms with Gasteiger partial charge in [0.25, 0.3) is 0 Å². The lowest BCUT2D eigenvalue weighted by Crippen LogP contribution is -1.89. The monoisotopic (exact) mass is 157 g/mol. The van der Waals surface area contributed by atoms with Crippen LogP contribution in [-0.2, 0) is 0 Å². The molecule has 58 valence electrons. The van der Waals surface area contributed by atoms with E-state index in [-0.39, 0.29) is 5.56 Å². The molecule has 0 spiro atoms. The Morgan fingerprint density at radius 3 is 3.18 bits per heavy atom. The Kier molecular flexibility index (Phi) is 1.28. The van der Waals surface area contributed by atoms with Gasteiger partial charge in [-0.15, -0.1) is 0 Å². The summed E-state index contributed by atoms with van der Waals surface area (Å²) in [4.78, 5) is 10.3. The minimum Gasteiger partial charge on any atom is -0.494 e. The third-order valence-corrected chi connectivity index (χ3v) is 1.20. The van der Waals surface area contributed by atoms with E-state index >= 15 is 0 Å². The van der Waals surface area contributed by atoms with Crippen molar-refractivity contribution < 1.29 is 18.0 Å². The van der Waals surface area contributed by atoms with Gasteiger partial charge in [-0.25, -0.2) is 4.39 Å². The number of hydrogen-bond donors (Lipinski definition) is 0. The predicted octanol–water partition coefficient (Wildman–Crippen LogP) is 1.65. The zero-order chi connectivity index (χ0) is 10.8. The van der Waals surface area contributed by atoms with Crippen molar-refractivity contribution in [1.29, 1.82) is 0 Å². The van der Waals surface area contributed by atoms with E-state index in [1.807, 2.05) is 0 Å². The van der Waals surface area contributed by atoms with Crippen LogP contribution in [0.15, 0.2) is 18.2 Å². The summed E-state index contributed by atoms with van der Waals surface area (Å²) in [5.74, 6) is -1.26. The second kappa shape index (κ2) is 3.14. The van der Waals surface area contributed by atoms with Crippen LogP contribution in [0.5, 0.6) is 5.75 Å². The summed E-state index contributed by atoms with van der Waals surface area (Å²) in [6, 6.07) is 3.24. The van der Waals surface area contributed by atoms with Crippen LogP contribution in [-0.4, -0.2) is 13.3 Å². The molecule has 1 rings (SSSR count).